The van der Waals surface area contributed by atoms with Gasteiger partial charge in [-0.15, -0.1) is 0 Å². The molecule has 2 heterocycles. The van der Waals surface area contributed by atoms with E-state index in [-0.39, 0.29) is 5.92 Å². The van der Waals surface area contributed by atoms with Gasteiger partial charge in [0.1, 0.15) is 5.75 Å². The van der Waals surface area contributed by atoms with Crippen molar-refractivity contribution in [1.29, 1.82) is 0 Å². The van der Waals surface area contributed by atoms with Crippen LogP contribution in [0.4, 0.5) is 0 Å². The third-order valence-corrected chi connectivity index (χ3v) is 5.41. The highest BCUT2D eigenvalue weighted by atomic mass is 16.5. The number of imidazole rings is 1. The van der Waals surface area contributed by atoms with Crippen molar-refractivity contribution in [3.05, 3.63) is 48.0 Å². The van der Waals surface area contributed by atoms with E-state index < -0.39 is 0 Å². The lowest BCUT2D eigenvalue weighted by atomic mass is 9.93. The molecule has 1 saturated carbocycles. The van der Waals surface area contributed by atoms with Gasteiger partial charge >= 0.3 is 0 Å². The quantitative estimate of drug-likeness (QED) is 0.940. The Bertz CT molecular complexity index is 705. The van der Waals surface area contributed by atoms with E-state index in [1.165, 1.54) is 11.3 Å². The molecule has 0 bridgehead atoms. The smallest absolute Gasteiger partial charge is 0.226 e. The SMILES string of the molecule is COc1ccccc1[C@@H]1C[C@H]1C(=O)N1CCC(c2cnc[nH]2)CC1. The predicted molar refractivity (Wildman–Crippen MR) is 91.0 cm³/mol. The second-order valence-corrected chi connectivity index (χ2v) is 6.80. The standard InChI is InChI=1S/C19H23N3O2/c1-24-18-5-3-2-4-14(18)15-10-16(15)19(23)22-8-6-13(7-9-22)17-11-20-12-21-17/h2-5,11-13,15-16H,6-10H2,1H3,(H,20,21)/t15-,16+/m0/s1. The van der Waals surface area contributed by atoms with Crippen molar-refractivity contribution >= 4 is 5.91 Å². The van der Waals surface area contributed by atoms with Crippen molar-refractivity contribution in [2.45, 2.75) is 31.1 Å². The Kier molecular flexibility index (Phi) is 4.00. The number of benzene rings is 1. The molecule has 2 aliphatic rings. The molecule has 1 N–H and O–H groups in total. The molecule has 0 radical (unpaired) electrons. The topological polar surface area (TPSA) is 58.2 Å². The Morgan fingerprint density at radius 1 is 1.29 bits per heavy atom. The molecule has 2 fully saturated rings. The van der Waals surface area contributed by atoms with Crippen LogP contribution in [0.15, 0.2) is 36.8 Å². The lowest BCUT2D eigenvalue weighted by molar-refractivity contribution is -0.133. The minimum Gasteiger partial charge on any atom is -0.496 e. The number of likely N-dealkylation sites (tertiary alicyclic amines) is 1. The molecule has 0 unspecified atom stereocenters. The first-order valence-electron chi connectivity index (χ1n) is 8.68. The number of carbonyl (C=O) groups is 1. The van der Waals surface area contributed by atoms with Gasteiger partial charge in [-0.05, 0) is 36.8 Å². The molecular formula is C19H23N3O2. The number of aromatic nitrogens is 2. The lowest BCUT2D eigenvalue weighted by Crippen LogP contribution is -2.39. The number of hydrogen-bond acceptors (Lipinski definition) is 3. The van der Waals surface area contributed by atoms with Gasteiger partial charge in [-0.25, -0.2) is 4.98 Å². The minimum absolute atomic E-state index is 0.130. The van der Waals surface area contributed by atoms with Crippen LogP contribution in [0.25, 0.3) is 0 Å². The molecule has 5 heteroatoms. The van der Waals surface area contributed by atoms with Gasteiger partial charge in [-0.3, -0.25) is 4.79 Å². The number of nitrogens with zero attached hydrogens (tertiary/aromatic N) is 2. The lowest BCUT2D eigenvalue weighted by Gasteiger charge is -2.31. The monoisotopic (exact) mass is 325 g/mol. The molecule has 5 nitrogen and oxygen atoms in total. The molecule has 2 aromatic rings. The molecule has 1 aliphatic carbocycles. The Morgan fingerprint density at radius 3 is 2.79 bits per heavy atom. The largest absolute Gasteiger partial charge is 0.496 e. The van der Waals surface area contributed by atoms with Gasteiger partial charge < -0.3 is 14.6 Å². The maximum Gasteiger partial charge on any atom is 0.226 e. The van der Waals surface area contributed by atoms with E-state index in [1.54, 1.807) is 13.4 Å². The summed E-state index contributed by atoms with van der Waals surface area (Å²) < 4.78 is 5.44. The van der Waals surface area contributed by atoms with Crippen LogP contribution < -0.4 is 4.74 Å². The van der Waals surface area contributed by atoms with Gasteiger partial charge in [-0.2, -0.15) is 0 Å². The van der Waals surface area contributed by atoms with Crippen LogP contribution in [0.3, 0.4) is 0 Å². The zero-order chi connectivity index (χ0) is 16.5. The number of rotatable bonds is 4. The third kappa shape index (κ3) is 2.79. The summed E-state index contributed by atoms with van der Waals surface area (Å²) in [6, 6.07) is 8.06. The van der Waals surface area contributed by atoms with Crippen LogP contribution in [0, 0.1) is 5.92 Å². The Labute approximate surface area is 142 Å². The summed E-state index contributed by atoms with van der Waals surface area (Å²) in [5.74, 6) is 2.16. The number of amides is 1. The maximum absolute atomic E-state index is 12.8. The molecule has 0 spiro atoms. The first-order valence-corrected chi connectivity index (χ1v) is 8.68. The summed E-state index contributed by atoms with van der Waals surface area (Å²) in [4.78, 5) is 22.2. The van der Waals surface area contributed by atoms with Crippen molar-refractivity contribution in [3.8, 4) is 5.75 Å². The Morgan fingerprint density at radius 2 is 2.08 bits per heavy atom. The summed E-state index contributed by atoms with van der Waals surface area (Å²) in [6.07, 6.45) is 6.61. The average Bonchev–Trinajstić information content (AvgIpc) is 3.25. The van der Waals surface area contributed by atoms with Crippen LogP contribution in [0.5, 0.6) is 5.75 Å². The molecule has 1 aromatic carbocycles. The van der Waals surface area contributed by atoms with Crippen molar-refractivity contribution in [2.75, 3.05) is 20.2 Å². The average molecular weight is 325 g/mol. The van der Waals surface area contributed by atoms with E-state index in [4.69, 9.17) is 4.74 Å². The maximum atomic E-state index is 12.8. The molecular weight excluding hydrogens is 302 g/mol. The van der Waals surface area contributed by atoms with Crippen LogP contribution in [0.1, 0.15) is 42.4 Å². The summed E-state index contributed by atoms with van der Waals surface area (Å²) in [7, 11) is 1.69. The highest BCUT2D eigenvalue weighted by Crippen LogP contribution is 2.51. The van der Waals surface area contributed by atoms with E-state index in [0.29, 0.717) is 17.7 Å². The van der Waals surface area contributed by atoms with Crippen LogP contribution in [-0.4, -0.2) is 41.0 Å². The molecule has 4 rings (SSSR count). The number of para-hydroxylation sites is 1. The fourth-order valence-corrected chi connectivity index (χ4v) is 3.92. The number of carbonyl (C=O) groups excluding carboxylic acids is 1. The van der Waals surface area contributed by atoms with Gasteiger partial charge in [0.15, 0.2) is 0 Å². The van der Waals surface area contributed by atoms with Crippen LogP contribution in [0.2, 0.25) is 0 Å². The van der Waals surface area contributed by atoms with Gasteiger partial charge in [0.25, 0.3) is 0 Å². The summed E-state index contributed by atoms with van der Waals surface area (Å²) >= 11 is 0. The van der Waals surface area contributed by atoms with Crippen LogP contribution >= 0.6 is 0 Å². The van der Waals surface area contributed by atoms with E-state index in [9.17, 15) is 4.79 Å². The minimum atomic E-state index is 0.130. The molecule has 24 heavy (non-hydrogen) atoms. The predicted octanol–water partition coefficient (Wildman–Crippen LogP) is 2.93. The first-order chi connectivity index (χ1) is 11.8. The van der Waals surface area contributed by atoms with Crippen molar-refractivity contribution in [3.63, 3.8) is 0 Å². The van der Waals surface area contributed by atoms with Crippen molar-refractivity contribution < 1.29 is 9.53 Å². The van der Waals surface area contributed by atoms with E-state index in [2.05, 4.69) is 16.0 Å². The molecule has 126 valence electrons. The van der Waals surface area contributed by atoms with Crippen molar-refractivity contribution in [2.24, 2.45) is 5.92 Å². The second-order valence-electron chi connectivity index (χ2n) is 6.80. The van der Waals surface area contributed by atoms with Crippen molar-refractivity contribution in [1.82, 2.24) is 14.9 Å². The number of H-pyrrole nitrogens is 1. The zero-order valence-corrected chi connectivity index (χ0v) is 13.9. The van der Waals surface area contributed by atoms with Gasteiger partial charge in [0, 0.05) is 36.8 Å². The number of ether oxygens (including phenoxy) is 1. The highest BCUT2D eigenvalue weighted by molar-refractivity contribution is 5.83. The third-order valence-electron chi connectivity index (χ3n) is 5.41. The summed E-state index contributed by atoms with van der Waals surface area (Å²) in [5, 5.41) is 0. The first kappa shape index (κ1) is 15.2. The fourth-order valence-electron chi connectivity index (χ4n) is 3.92. The second kappa shape index (κ2) is 6.30. The normalized spacial score (nSPS) is 24.0. The number of nitrogens with one attached hydrogen (secondary N) is 1. The molecule has 1 amide bonds. The number of piperidine rings is 1. The van der Waals surface area contributed by atoms with Crippen LogP contribution in [-0.2, 0) is 4.79 Å². The van der Waals surface area contributed by atoms with Gasteiger partial charge in [-0.1, -0.05) is 18.2 Å². The Hall–Kier alpha value is -2.30. The fraction of sp³-hybridized carbons (Fsp3) is 0.474. The molecule has 1 saturated heterocycles. The molecule has 1 aliphatic heterocycles. The summed E-state index contributed by atoms with van der Waals surface area (Å²) in [5.41, 5.74) is 2.37. The van der Waals surface area contributed by atoms with E-state index in [0.717, 1.165) is 38.1 Å². The van der Waals surface area contributed by atoms with E-state index in [1.807, 2.05) is 29.3 Å². The Balaban J connectivity index is 1.36. The highest BCUT2D eigenvalue weighted by Gasteiger charge is 2.47. The molecule has 2 atom stereocenters. The number of hydrogen-bond donors (Lipinski definition) is 1. The van der Waals surface area contributed by atoms with Gasteiger partial charge in [0.05, 0.1) is 13.4 Å². The van der Waals surface area contributed by atoms with Gasteiger partial charge in [0.2, 0.25) is 5.91 Å². The number of aromatic amines is 1. The zero-order valence-electron chi connectivity index (χ0n) is 13.9. The van der Waals surface area contributed by atoms with E-state index >= 15 is 0 Å². The molecule has 1 aromatic heterocycles. The summed E-state index contributed by atoms with van der Waals surface area (Å²) in [6.45, 7) is 1.69. The number of methoxy groups -OCH3 is 1.